The van der Waals surface area contributed by atoms with Gasteiger partial charge in [-0.2, -0.15) is 18.3 Å². The van der Waals surface area contributed by atoms with Crippen molar-refractivity contribution >= 4 is 5.69 Å². The Bertz CT molecular complexity index is 682. The van der Waals surface area contributed by atoms with Gasteiger partial charge in [-0.1, -0.05) is 12.1 Å². The van der Waals surface area contributed by atoms with E-state index in [0.29, 0.717) is 17.2 Å². The molecular formula is C15H14F3N3. The molecule has 5 rings (SSSR count). The van der Waals surface area contributed by atoms with Crippen molar-refractivity contribution in [1.29, 1.82) is 0 Å². The number of hydrogen-bond donors (Lipinski definition) is 1. The Morgan fingerprint density at radius 3 is 2.67 bits per heavy atom. The van der Waals surface area contributed by atoms with Crippen LogP contribution in [0.4, 0.5) is 18.9 Å². The molecule has 1 aromatic heterocycles. The number of nitrogens with zero attached hydrogens (tertiary/aromatic N) is 2. The van der Waals surface area contributed by atoms with Crippen LogP contribution in [0.1, 0.15) is 30.0 Å². The van der Waals surface area contributed by atoms with Crippen molar-refractivity contribution in [3.8, 4) is 11.3 Å². The van der Waals surface area contributed by atoms with Crippen LogP contribution in [0.25, 0.3) is 11.3 Å². The number of aromatic nitrogens is 2. The highest BCUT2D eigenvalue weighted by atomic mass is 19.4. The number of rotatable bonds is 1. The van der Waals surface area contributed by atoms with E-state index in [-0.39, 0.29) is 0 Å². The number of nitrogens with one attached hydrogen (secondary N) is 1. The highest BCUT2D eigenvalue weighted by molar-refractivity contribution is 5.79. The third-order valence-electron chi connectivity index (χ3n) is 4.45. The van der Waals surface area contributed by atoms with Gasteiger partial charge in [-0.05, 0) is 25.0 Å². The standard InChI is InChI=1S/C15H14F3N3/c16-15(17,18)11-3-1-2-10(8-11)13-14-12(19-20-13)9-4-6-21(14)7-5-9/h1-3,8-9H,4-7H2,(H,19,20). The summed E-state index contributed by atoms with van der Waals surface area (Å²) in [6.07, 6.45) is -2.14. The Kier molecular flexibility index (Phi) is 2.58. The molecule has 2 aromatic rings. The predicted octanol–water partition coefficient (Wildman–Crippen LogP) is 3.79. The topological polar surface area (TPSA) is 31.9 Å². The van der Waals surface area contributed by atoms with Gasteiger partial charge in [-0.3, -0.25) is 5.10 Å². The molecule has 0 atom stereocenters. The summed E-state index contributed by atoms with van der Waals surface area (Å²) >= 11 is 0. The van der Waals surface area contributed by atoms with Crippen LogP contribution in [-0.2, 0) is 6.18 Å². The smallest absolute Gasteiger partial charge is 0.368 e. The van der Waals surface area contributed by atoms with Crippen LogP contribution in [0.5, 0.6) is 0 Å². The van der Waals surface area contributed by atoms with Crippen molar-refractivity contribution in [1.82, 2.24) is 10.2 Å². The number of fused-ring (bicyclic) bond motifs is 2. The first-order chi connectivity index (χ1) is 10.0. The van der Waals surface area contributed by atoms with Gasteiger partial charge in [0.2, 0.25) is 0 Å². The molecular weight excluding hydrogens is 279 g/mol. The lowest BCUT2D eigenvalue weighted by atomic mass is 9.86. The third kappa shape index (κ3) is 1.92. The summed E-state index contributed by atoms with van der Waals surface area (Å²) in [6.45, 7) is 1.92. The van der Waals surface area contributed by atoms with Gasteiger partial charge in [0.05, 0.1) is 16.9 Å². The minimum Gasteiger partial charge on any atom is -0.368 e. The molecule has 3 nitrogen and oxygen atoms in total. The van der Waals surface area contributed by atoms with Crippen LogP contribution >= 0.6 is 0 Å². The molecule has 110 valence electrons. The number of H-pyrrole nitrogens is 1. The fraction of sp³-hybridized carbons (Fsp3) is 0.400. The van der Waals surface area contributed by atoms with Crippen LogP contribution in [0.15, 0.2) is 24.3 Å². The van der Waals surface area contributed by atoms with Gasteiger partial charge in [0, 0.05) is 24.6 Å². The Morgan fingerprint density at radius 2 is 1.95 bits per heavy atom. The van der Waals surface area contributed by atoms with Gasteiger partial charge in [0.15, 0.2) is 0 Å². The molecule has 1 fully saturated rings. The van der Waals surface area contributed by atoms with Crippen LogP contribution in [0, 0.1) is 0 Å². The van der Waals surface area contributed by atoms with E-state index in [2.05, 4.69) is 15.1 Å². The van der Waals surface area contributed by atoms with Crippen molar-refractivity contribution in [3.05, 3.63) is 35.5 Å². The first-order valence-corrected chi connectivity index (χ1v) is 7.05. The highest BCUT2D eigenvalue weighted by Crippen LogP contribution is 2.46. The molecule has 0 amide bonds. The predicted molar refractivity (Wildman–Crippen MR) is 73.2 cm³/mol. The van der Waals surface area contributed by atoms with Crippen molar-refractivity contribution < 1.29 is 13.2 Å². The molecule has 0 unspecified atom stereocenters. The molecule has 4 heterocycles. The fourth-order valence-electron chi connectivity index (χ4n) is 3.39. The van der Waals surface area contributed by atoms with E-state index >= 15 is 0 Å². The van der Waals surface area contributed by atoms with E-state index in [1.54, 1.807) is 6.07 Å². The Hall–Kier alpha value is -1.98. The van der Waals surface area contributed by atoms with Gasteiger partial charge < -0.3 is 4.90 Å². The van der Waals surface area contributed by atoms with E-state index in [1.807, 2.05) is 0 Å². The van der Waals surface area contributed by atoms with Gasteiger partial charge in [0.25, 0.3) is 0 Å². The number of piperidine rings is 1. The van der Waals surface area contributed by atoms with Gasteiger partial charge in [0.1, 0.15) is 5.69 Å². The van der Waals surface area contributed by atoms with Crippen LogP contribution in [-0.4, -0.2) is 23.3 Å². The summed E-state index contributed by atoms with van der Waals surface area (Å²) in [5.41, 5.74) is 2.61. The summed E-state index contributed by atoms with van der Waals surface area (Å²) in [5.74, 6) is 0.469. The summed E-state index contributed by atoms with van der Waals surface area (Å²) in [5, 5.41) is 7.34. The zero-order valence-electron chi connectivity index (χ0n) is 11.2. The molecule has 3 aliphatic rings. The van der Waals surface area contributed by atoms with Crippen LogP contribution < -0.4 is 4.90 Å². The second-order valence-electron chi connectivity index (χ2n) is 5.67. The molecule has 6 heteroatoms. The fourth-order valence-corrected chi connectivity index (χ4v) is 3.39. The van der Waals surface area contributed by atoms with Crippen molar-refractivity contribution in [2.24, 2.45) is 0 Å². The Balaban J connectivity index is 1.82. The van der Waals surface area contributed by atoms with E-state index < -0.39 is 11.7 Å². The van der Waals surface area contributed by atoms with Gasteiger partial charge in [-0.25, -0.2) is 0 Å². The Morgan fingerprint density at radius 1 is 1.19 bits per heavy atom. The number of halogens is 3. The van der Waals surface area contributed by atoms with E-state index in [9.17, 15) is 13.2 Å². The maximum atomic E-state index is 12.9. The minimum atomic E-state index is -4.33. The number of aromatic amines is 1. The zero-order chi connectivity index (χ0) is 14.6. The number of benzene rings is 1. The van der Waals surface area contributed by atoms with Crippen molar-refractivity contribution in [2.75, 3.05) is 18.0 Å². The highest BCUT2D eigenvalue weighted by Gasteiger charge is 2.36. The van der Waals surface area contributed by atoms with E-state index in [0.717, 1.165) is 43.4 Å². The number of alkyl halides is 3. The maximum Gasteiger partial charge on any atom is 0.416 e. The first-order valence-electron chi connectivity index (χ1n) is 7.05. The molecule has 1 saturated heterocycles. The van der Waals surface area contributed by atoms with Crippen LogP contribution in [0.3, 0.4) is 0 Å². The lowest BCUT2D eigenvalue weighted by Gasteiger charge is -2.40. The minimum absolute atomic E-state index is 0.469. The zero-order valence-corrected chi connectivity index (χ0v) is 11.2. The summed E-state index contributed by atoms with van der Waals surface area (Å²) in [7, 11) is 0. The summed E-state index contributed by atoms with van der Waals surface area (Å²) in [6, 6.07) is 5.40. The van der Waals surface area contributed by atoms with E-state index in [1.165, 1.54) is 12.1 Å². The van der Waals surface area contributed by atoms with Gasteiger partial charge >= 0.3 is 6.18 Å². The molecule has 2 bridgehead atoms. The molecule has 0 spiro atoms. The lowest BCUT2D eigenvalue weighted by Crippen LogP contribution is -2.38. The largest absolute Gasteiger partial charge is 0.416 e. The van der Waals surface area contributed by atoms with Gasteiger partial charge in [-0.15, -0.1) is 0 Å². The first kappa shape index (κ1) is 12.7. The Labute approximate surface area is 119 Å². The molecule has 3 aliphatic heterocycles. The van der Waals surface area contributed by atoms with Crippen molar-refractivity contribution in [3.63, 3.8) is 0 Å². The monoisotopic (exact) mass is 293 g/mol. The average Bonchev–Trinajstić information content (AvgIpc) is 2.95. The molecule has 0 radical (unpaired) electrons. The summed E-state index contributed by atoms with van der Waals surface area (Å²) in [4.78, 5) is 2.23. The second kappa shape index (κ2) is 4.26. The second-order valence-corrected chi connectivity index (χ2v) is 5.67. The SMILES string of the molecule is FC(F)(F)c1cccc(-c2n[nH]c3c2N2CCC3CC2)c1. The normalized spacial score (nSPS) is 18.1. The molecule has 1 aromatic carbocycles. The molecule has 1 N–H and O–H groups in total. The molecule has 21 heavy (non-hydrogen) atoms. The quantitative estimate of drug-likeness (QED) is 0.867. The van der Waals surface area contributed by atoms with Crippen LogP contribution in [0.2, 0.25) is 0 Å². The lowest BCUT2D eigenvalue weighted by molar-refractivity contribution is -0.137. The van der Waals surface area contributed by atoms with Crippen molar-refractivity contribution in [2.45, 2.75) is 24.9 Å². The number of anilines is 1. The maximum absolute atomic E-state index is 12.9. The third-order valence-corrected chi connectivity index (χ3v) is 4.45. The molecule has 0 aliphatic carbocycles. The molecule has 0 saturated carbocycles. The van der Waals surface area contributed by atoms with E-state index in [4.69, 9.17) is 0 Å². The summed E-state index contributed by atoms with van der Waals surface area (Å²) < 4.78 is 38.6. The number of hydrogen-bond acceptors (Lipinski definition) is 2. The average molecular weight is 293 g/mol.